The predicted octanol–water partition coefficient (Wildman–Crippen LogP) is 0.754. The lowest BCUT2D eigenvalue weighted by atomic mass is 10.1. The molecule has 0 bridgehead atoms. The van der Waals surface area contributed by atoms with Gasteiger partial charge in [-0.05, 0) is 36.6 Å². The highest BCUT2D eigenvalue weighted by Gasteiger charge is 2.29. The second-order valence-electron chi connectivity index (χ2n) is 6.95. The maximum atomic E-state index is 12.6. The number of carbonyl (C=O) groups is 3. The van der Waals surface area contributed by atoms with Crippen LogP contribution in [0, 0.1) is 0 Å². The van der Waals surface area contributed by atoms with Crippen LogP contribution in [0.15, 0.2) is 23.1 Å². The fourth-order valence-corrected chi connectivity index (χ4v) is 5.14. The van der Waals surface area contributed by atoms with E-state index in [1.165, 1.54) is 31.9 Å². The fraction of sp³-hybridized carbons (Fsp3) is 0.500. The summed E-state index contributed by atoms with van der Waals surface area (Å²) < 4.78 is 25.7. The van der Waals surface area contributed by atoms with Gasteiger partial charge in [-0.2, -0.15) is 0 Å². The molecule has 2 heterocycles. The summed E-state index contributed by atoms with van der Waals surface area (Å²) in [6, 6.07) is 4.30. The number of amides is 2. The Kier molecular flexibility index (Phi) is 6.11. The van der Waals surface area contributed by atoms with Crippen LogP contribution in [0.25, 0.3) is 0 Å². The van der Waals surface area contributed by atoms with Gasteiger partial charge in [0, 0.05) is 44.9 Å². The number of fused-ring (bicyclic) bond motifs is 1. The van der Waals surface area contributed by atoms with Crippen LogP contribution in [0.5, 0.6) is 0 Å². The molecule has 0 spiro atoms. The number of hydrogen-bond acceptors (Lipinski definition) is 6. The van der Waals surface area contributed by atoms with E-state index >= 15 is 0 Å². The first-order valence-corrected chi connectivity index (χ1v) is 11.4. The monoisotopic (exact) mass is 425 g/mol. The predicted molar refractivity (Wildman–Crippen MR) is 107 cm³/mol. The Labute approximate surface area is 168 Å². The Bertz CT molecular complexity index is 914. The van der Waals surface area contributed by atoms with Gasteiger partial charge in [-0.25, -0.2) is 12.7 Å². The van der Waals surface area contributed by atoms with Crippen molar-refractivity contribution in [3.8, 4) is 0 Å². The molecule has 1 saturated heterocycles. The molecule has 8 nitrogen and oxygen atoms in total. The topological polar surface area (TPSA) is 104 Å². The Balaban J connectivity index is 1.61. The molecule has 3 rings (SSSR count). The lowest BCUT2D eigenvalue weighted by molar-refractivity contribution is -0.126. The van der Waals surface area contributed by atoms with Crippen molar-refractivity contribution >= 4 is 44.4 Å². The average Bonchev–Trinajstić information content (AvgIpc) is 3.25. The minimum Gasteiger partial charge on any atom is -0.345 e. The third-order valence-electron chi connectivity index (χ3n) is 4.86. The van der Waals surface area contributed by atoms with E-state index in [0.717, 1.165) is 9.87 Å². The van der Waals surface area contributed by atoms with Crippen molar-refractivity contribution in [2.24, 2.45) is 0 Å². The molecule has 0 radical (unpaired) electrons. The van der Waals surface area contributed by atoms with E-state index in [9.17, 15) is 22.8 Å². The Morgan fingerprint density at radius 3 is 2.68 bits per heavy atom. The fourth-order valence-electron chi connectivity index (χ4n) is 3.26. The SMILES string of the molecule is CN(C)S(=O)(=O)c1ccc2c(c1)CCN2C(=O)CCC(=O)NC1CCSC1=O. The Morgan fingerprint density at radius 2 is 2.04 bits per heavy atom. The van der Waals surface area contributed by atoms with Crippen LogP contribution in [0.4, 0.5) is 5.69 Å². The quantitative estimate of drug-likeness (QED) is 0.722. The molecule has 2 amide bonds. The number of benzene rings is 1. The van der Waals surface area contributed by atoms with Gasteiger partial charge in [0.05, 0.1) is 10.9 Å². The van der Waals surface area contributed by atoms with Gasteiger partial charge in [-0.1, -0.05) is 11.8 Å². The smallest absolute Gasteiger partial charge is 0.242 e. The van der Waals surface area contributed by atoms with Crippen LogP contribution in [-0.2, 0) is 30.8 Å². The molecule has 2 aliphatic rings. The zero-order chi connectivity index (χ0) is 20.5. The number of thioether (sulfide) groups is 1. The summed E-state index contributed by atoms with van der Waals surface area (Å²) in [6.07, 6.45) is 1.25. The van der Waals surface area contributed by atoms with Crippen LogP contribution >= 0.6 is 11.8 Å². The van der Waals surface area contributed by atoms with E-state index in [1.54, 1.807) is 17.0 Å². The van der Waals surface area contributed by atoms with E-state index < -0.39 is 16.1 Å². The number of nitrogens with one attached hydrogen (secondary N) is 1. The maximum absolute atomic E-state index is 12.6. The van der Waals surface area contributed by atoms with E-state index in [-0.39, 0.29) is 34.7 Å². The molecule has 10 heteroatoms. The molecule has 28 heavy (non-hydrogen) atoms. The molecule has 1 atom stereocenters. The summed E-state index contributed by atoms with van der Waals surface area (Å²) in [5, 5.41) is 2.65. The van der Waals surface area contributed by atoms with Crippen LogP contribution in [0.1, 0.15) is 24.8 Å². The van der Waals surface area contributed by atoms with Crippen molar-refractivity contribution in [1.29, 1.82) is 0 Å². The van der Waals surface area contributed by atoms with Crippen LogP contribution in [0.2, 0.25) is 0 Å². The van der Waals surface area contributed by atoms with Gasteiger partial charge >= 0.3 is 0 Å². The van der Waals surface area contributed by atoms with Crippen molar-refractivity contribution in [3.05, 3.63) is 23.8 Å². The molecular weight excluding hydrogens is 402 g/mol. The van der Waals surface area contributed by atoms with Crippen molar-refractivity contribution in [1.82, 2.24) is 9.62 Å². The molecule has 152 valence electrons. The summed E-state index contributed by atoms with van der Waals surface area (Å²) in [6.45, 7) is 0.457. The van der Waals surface area contributed by atoms with E-state index in [1.807, 2.05) is 0 Å². The minimum absolute atomic E-state index is 0.0200. The highest BCUT2D eigenvalue weighted by atomic mass is 32.2. The standard InChI is InChI=1S/C18H23N3O5S2/c1-20(2)28(25,26)13-3-4-15-12(11-13)7-9-21(15)17(23)6-5-16(22)19-14-8-10-27-18(14)24/h3-4,11,14H,5-10H2,1-2H3,(H,19,22). The van der Waals surface area contributed by atoms with E-state index in [0.29, 0.717) is 30.8 Å². The van der Waals surface area contributed by atoms with Gasteiger partial charge in [0.25, 0.3) is 0 Å². The first-order chi connectivity index (χ1) is 13.2. The zero-order valence-corrected chi connectivity index (χ0v) is 17.4. The van der Waals surface area contributed by atoms with Crippen molar-refractivity contribution in [3.63, 3.8) is 0 Å². The highest BCUT2D eigenvalue weighted by molar-refractivity contribution is 8.14. The normalized spacial score (nSPS) is 19.2. The van der Waals surface area contributed by atoms with Gasteiger partial charge < -0.3 is 10.2 Å². The average molecular weight is 426 g/mol. The number of rotatable bonds is 6. The number of sulfonamides is 1. The molecule has 1 aromatic rings. The Hall–Kier alpha value is -1.91. The van der Waals surface area contributed by atoms with Crippen LogP contribution in [-0.4, -0.2) is 62.1 Å². The lowest BCUT2D eigenvalue weighted by Gasteiger charge is -2.18. The number of nitrogens with zero attached hydrogens (tertiary/aromatic N) is 2. The van der Waals surface area contributed by atoms with Gasteiger partial charge in [0.15, 0.2) is 0 Å². The van der Waals surface area contributed by atoms with E-state index in [4.69, 9.17) is 0 Å². The third-order valence-corrected chi connectivity index (χ3v) is 7.68. The minimum atomic E-state index is -3.53. The first-order valence-electron chi connectivity index (χ1n) is 9.02. The van der Waals surface area contributed by atoms with Gasteiger partial charge in [0.2, 0.25) is 27.0 Å². The Morgan fingerprint density at radius 1 is 1.29 bits per heavy atom. The molecule has 1 unspecified atom stereocenters. The molecule has 2 aliphatic heterocycles. The molecule has 0 aromatic heterocycles. The third kappa shape index (κ3) is 4.23. The molecule has 1 aromatic carbocycles. The number of carbonyl (C=O) groups excluding carboxylic acids is 3. The van der Waals surface area contributed by atoms with Crippen molar-refractivity contribution < 1.29 is 22.8 Å². The van der Waals surface area contributed by atoms with Crippen molar-refractivity contribution in [2.45, 2.75) is 36.6 Å². The van der Waals surface area contributed by atoms with Gasteiger partial charge in [-0.15, -0.1) is 0 Å². The second-order valence-corrected chi connectivity index (χ2v) is 10.2. The number of anilines is 1. The highest BCUT2D eigenvalue weighted by Crippen LogP contribution is 2.31. The zero-order valence-electron chi connectivity index (χ0n) is 15.8. The molecule has 1 fully saturated rings. The molecule has 0 saturated carbocycles. The summed E-state index contributed by atoms with van der Waals surface area (Å²) in [4.78, 5) is 37.9. The van der Waals surface area contributed by atoms with Gasteiger partial charge in [-0.3, -0.25) is 14.4 Å². The van der Waals surface area contributed by atoms with Crippen LogP contribution < -0.4 is 10.2 Å². The van der Waals surface area contributed by atoms with Crippen LogP contribution in [0.3, 0.4) is 0 Å². The van der Waals surface area contributed by atoms with Crippen molar-refractivity contribution in [2.75, 3.05) is 31.3 Å². The molecule has 0 aliphatic carbocycles. The van der Waals surface area contributed by atoms with E-state index in [2.05, 4.69) is 5.32 Å². The lowest BCUT2D eigenvalue weighted by Crippen LogP contribution is -2.38. The maximum Gasteiger partial charge on any atom is 0.242 e. The summed E-state index contributed by atoms with van der Waals surface area (Å²) in [5.41, 5.74) is 1.49. The molecule has 1 N–H and O–H groups in total. The number of hydrogen-bond donors (Lipinski definition) is 1. The summed E-state index contributed by atoms with van der Waals surface area (Å²) >= 11 is 1.21. The van der Waals surface area contributed by atoms with Gasteiger partial charge in [0.1, 0.15) is 0 Å². The molecular formula is C18H23N3O5S2. The summed E-state index contributed by atoms with van der Waals surface area (Å²) in [5.74, 6) is 0.212. The largest absolute Gasteiger partial charge is 0.345 e. The summed E-state index contributed by atoms with van der Waals surface area (Å²) in [7, 11) is -0.579. The second kappa shape index (κ2) is 8.22. The first kappa shape index (κ1) is 20.8.